The van der Waals surface area contributed by atoms with E-state index in [2.05, 4.69) is 11.9 Å². The number of hydrogen-bond acceptors (Lipinski definition) is 4. The molecule has 0 spiro atoms. The average Bonchev–Trinajstić information content (AvgIpc) is 3.00. The molecule has 1 aliphatic carbocycles. The van der Waals surface area contributed by atoms with Crippen molar-refractivity contribution in [2.24, 2.45) is 11.8 Å². The number of methoxy groups -OCH3 is 1. The molecule has 5 nitrogen and oxygen atoms in total. The van der Waals surface area contributed by atoms with Gasteiger partial charge in [-0.05, 0) is 30.9 Å². The summed E-state index contributed by atoms with van der Waals surface area (Å²) in [4.78, 5) is 15.8. The number of oxazole rings is 1. The first-order valence-electron chi connectivity index (χ1n) is 6.75. The van der Waals surface area contributed by atoms with Crippen molar-refractivity contribution in [3.05, 3.63) is 24.1 Å². The Morgan fingerprint density at radius 2 is 2.25 bits per heavy atom. The van der Waals surface area contributed by atoms with Gasteiger partial charge in [-0.2, -0.15) is 0 Å². The third-order valence-corrected chi connectivity index (χ3v) is 4.04. The summed E-state index contributed by atoms with van der Waals surface area (Å²) < 4.78 is 10.9. The molecule has 2 aromatic rings. The lowest BCUT2D eigenvalue weighted by atomic mass is 9.96. The van der Waals surface area contributed by atoms with E-state index < -0.39 is 11.9 Å². The van der Waals surface area contributed by atoms with E-state index in [0.29, 0.717) is 35.1 Å². The van der Waals surface area contributed by atoms with Crippen molar-refractivity contribution in [2.75, 3.05) is 7.11 Å². The predicted octanol–water partition coefficient (Wildman–Crippen LogP) is 3.05. The minimum atomic E-state index is -0.765. The van der Waals surface area contributed by atoms with Gasteiger partial charge in [-0.25, -0.2) is 4.98 Å². The minimum absolute atomic E-state index is 0.138. The van der Waals surface area contributed by atoms with Crippen LogP contribution in [-0.2, 0) is 4.79 Å². The number of carbonyl (C=O) groups is 1. The van der Waals surface area contributed by atoms with Crippen LogP contribution in [0.15, 0.2) is 22.6 Å². The van der Waals surface area contributed by atoms with Crippen LogP contribution in [0.2, 0.25) is 0 Å². The number of rotatable bonds is 3. The van der Waals surface area contributed by atoms with Crippen molar-refractivity contribution < 1.29 is 19.1 Å². The number of hydrogen-bond donors (Lipinski definition) is 1. The number of ether oxygens (including phenoxy) is 1. The van der Waals surface area contributed by atoms with Crippen LogP contribution in [0.1, 0.15) is 31.6 Å². The Bertz CT molecular complexity index is 648. The van der Waals surface area contributed by atoms with Gasteiger partial charge in [-0.15, -0.1) is 0 Å². The second-order valence-corrected chi connectivity index (χ2v) is 5.51. The topological polar surface area (TPSA) is 72.6 Å². The second kappa shape index (κ2) is 4.81. The molecule has 0 bridgehead atoms. The van der Waals surface area contributed by atoms with E-state index in [1.807, 2.05) is 6.07 Å². The Balaban J connectivity index is 1.99. The van der Waals surface area contributed by atoms with E-state index in [1.54, 1.807) is 19.2 Å². The third kappa shape index (κ3) is 2.13. The number of aromatic nitrogens is 1. The lowest BCUT2D eigenvalue weighted by molar-refractivity contribution is -0.142. The van der Waals surface area contributed by atoms with E-state index in [-0.39, 0.29) is 5.92 Å². The van der Waals surface area contributed by atoms with Gasteiger partial charge < -0.3 is 14.3 Å². The number of nitrogens with zero attached hydrogens (tertiary/aromatic N) is 1. The minimum Gasteiger partial charge on any atom is -0.497 e. The van der Waals surface area contributed by atoms with E-state index in [9.17, 15) is 9.90 Å². The molecule has 5 heteroatoms. The fourth-order valence-corrected chi connectivity index (χ4v) is 3.05. The van der Waals surface area contributed by atoms with Crippen molar-refractivity contribution in [2.45, 2.75) is 25.7 Å². The first-order valence-corrected chi connectivity index (χ1v) is 6.75. The van der Waals surface area contributed by atoms with E-state index in [0.717, 1.165) is 6.42 Å². The van der Waals surface area contributed by atoms with Crippen LogP contribution in [0.5, 0.6) is 5.75 Å². The molecule has 106 valence electrons. The molecule has 1 N–H and O–H groups in total. The van der Waals surface area contributed by atoms with E-state index in [1.165, 1.54) is 0 Å². The fourth-order valence-electron chi connectivity index (χ4n) is 3.05. The molecule has 20 heavy (non-hydrogen) atoms. The third-order valence-electron chi connectivity index (χ3n) is 4.04. The van der Waals surface area contributed by atoms with Crippen molar-refractivity contribution in [1.82, 2.24) is 4.98 Å². The molecule has 1 heterocycles. The van der Waals surface area contributed by atoms with Gasteiger partial charge in [0.15, 0.2) is 11.5 Å². The molecule has 1 saturated carbocycles. The zero-order valence-corrected chi connectivity index (χ0v) is 11.5. The highest BCUT2D eigenvalue weighted by atomic mass is 16.5. The van der Waals surface area contributed by atoms with Gasteiger partial charge in [0.05, 0.1) is 13.0 Å². The van der Waals surface area contributed by atoms with Crippen LogP contribution in [0.25, 0.3) is 11.1 Å². The first kappa shape index (κ1) is 13.0. The zero-order valence-electron chi connectivity index (χ0n) is 11.5. The van der Waals surface area contributed by atoms with Gasteiger partial charge in [0.25, 0.3) is 0 Å². The maximum Gasteiger partial charge on any atom is 0.307 e. The van der Waals surface area contributed by atoms with Crippen LogP contribution in [0.4, 0.5) is 0 Å². The number of aliphatic carboxylic acids is 1. The standard InChI is InChI=1S/C15H17NO4/c1-8-5-10(11(6-8)15(17)18)14-16-12-7-9(19-2)3-4-13(12)20-14/h3-4,7-8,10-11H,5-6H2,1-2H3,(H,17,18). The van der Waals surface area contributed by atoms with Crippen LogP contribution in [0.3, 0.4) is 0 Å². The highest BCUT2D eigenvalue weighted by Gasteiger charge is 2.40. The first-order chi connectivity index (χ1) is 9.58. The molecule has 0 aliphatic heterocycles. The summed E-state index contributed by atoms with van der Waals surface area (Å²) in [6.07, 6.45) is 1.49. The van der Waals surface area contributed by atoms with Gasteiger partial charge in [0, 0.05) is 12.0 Å². The second-order valence-electron chi connectivity index (χ2n) is 5.51. The smallest absolute Gasteiger partial charge is 0.307 e. The quantitative estimate of drug-likeness (QED) is 0.932. The molecule has 1 fully saturated rings. The lowest BCUT2D eigenvalue weighted by Crippen LogP contribution is -2.17. The molecule has 0 radical (unpaired) electrons. The molecule has 3 rings (SSSR count). The Kier molecular flexibility index (Phi) is 3.12. The van der Waals surface area contributed by atoms with Gasteiger partial charge in [0.1, 0.15) is 11.3 Å². The van der Waals surface area contributed by atoms with Gasteiger partial charge in [-0.1, -0.05) is 6.92 Å². The van der Waals surface area contributed by atoms with Crippen LogP contribution < -0.4 is 4.74 Å². The summed E-state index contributed by atoms with van der Waals surface area (Å²) in [6, 6.07) is 5.42. The Hall–Kier alpha value is -2.04. The van der Waals surface area contributed by atoms with Crippen LogP contribution in [0, 0.1) is 11.8 Å². The molecule has 3 atom stereocenters. The predicted molar refractivity (Wildman–Crippen MR) is 72.8 cm³/mol. The van der Waals surface area contributed by atoms with Gasteiger partial charge in [0.2, 0.25) is 0 Å². The van der Waals surface area contributed by atoms with Crippen LogP contribution >= 0.6 is 0 Å². The maximum atomic E-state index is 11.4. The monoisotopic (exact) mass is 275 g/mol. The highest BCUT2D eigenvalue weighted by molar-refractivity contribution is 5.75. The molecule has 1 aromatic heterocycles. The molecule has 1 aliphatic rings. The molecular weight excluding hydrogens is 258 g/mol. The average molecular weight is 275 g/mol. The Morgan fingerprint density at radius 3 is 2.95 bits per heavy atom. The highest BCUT2D eigenvalue weighted by Crippen LogP contribution is 2.43. The van der Waals surface area contributed by atoms with Crippen LogP contribution in [-0.4, -0.2) is 23.2 Å². The molecule has 0 amide bonds. The fraction of sp³-hybridized carbons (Fsp3) is 0.467. The van der Waals surface area contributed by atoms with Crippen molar-refractivity contribution in [1.29, 1.82) is 0 Å². The summed E-state index contributed by atoms with van der Waals surface area (Å²) in [6.45, 7) is 2.07. The molecule has 1 aromatic carbocycles. The van der Waals surface area contributed by atoms with Crippen molar-refractivity contribution in [3.8, 4) is 5.75 Å². The van der Waals surface area contributed by atoms with Gasteiger partial charge in [-0.3, -0.25) is 4.79 Å². The number of fused-ring (bicyclic) bond motifs is 1. The van der Waals surface area contributed by atoms with E-state index >= 15 is 0 Å². The Morgan fingerprint density at radius 1 is 1.45 bits per heavy atom. The van der Waals surface area contributed by atoms with E-state index in [4.69, 9.17) is 9.15 Å². The number of benzene rings is 1. The largest absolute Gasteiger partial charge is 0.497 e. The summed E-state index contributed by atoms with van der Waals surface area (Å²) in [5, 5.41) is 9.33. The number of carboxylic acids is 1. The summed E-state index contributed by atoms with van der Waals surface area (Å²) in [7, 11) is 1.60. The van der Waals surface area contributed by atoms with Gasteiger partial charge >= 0.3 is 5.97 Å². The summed E-state index contributed by atoms with van der Waals surface area (Å²) >= 11 is 0. The SMILES string of the molecule is COc1ccc2oc(C3CC(C)CC3C(=O)O)nc2c1. The lowest BCUT2D eigenvalue weighted by Gasteiger charge is -2.10. The summed E-state index contributed by atoms with van der Waals surface area (Å²) in [5.41, 5.74) is 1.38. The normalized spacial score (nSPS) is 26.0. The Labute approximate surface area is 116 Å². The molecular formula is C15H17NO4. The van der Waals surface area contributed by atoms with Crippen molar-refractivity contribution >= 4 is 17.1 Å². The molecule has 0 saturated heterocycles. The number of carboxylic acid groups (broad SMARTS) is 1. The maximum absolute atomic E-state index is 11.4. The summed E-state index contributed by atoms with van der Waals surface area (Å²) in [5.74, 6) is 0.322. The zero-order chi connectivity index (χ0) is 14.3. The van der Waals surface area contributed by atoms with Crippen molar-refractivity contribution in [3.63, 3.8) is 0 Å². The molecule has 3 unspecified atom stereocenters.